The number of aliphatic imine (C=N–C) groups is 1. The minimum atomic E-state index is 0.289. The van der Waals surface area contributed by atoms with Gasteiger partial charge in [0.15, 0.2) is 5.96 Å². The van der Waals surface area contributed by atoms with Crippen LogP contribution in [-0.4, -0.2) is 43.3 Å². The number of anilines is 1. The topological polar surface area (TPSA) is 72.1 Å². The largest absolute Gasteiger partial charge is 0.380 e. The van der Waals surface area contributed by atoms with Gasteiger partial charge in [-0.1, -0.05) is 42.5 Å². The summed E-state index contributed by atoms with van der Waals surface area (Å²) in [6.07, 6.45) is 0.578. The van der Waals surface area contributed by atoms with Gasteiger partial charge in [-0.25, -0.2) is 4.99 Å². The van der Waals surface area contributed by atoms with Crippen LogP contribution in [0.15, 0.2) is 53.5 Å². The van der Waals surface area contributed by atoms with E-state index in [1.165, 1.54) is 5.56 Å². The van der Waals surface area contributed by atoms with E-state index < -0.39 is 0 Å². The first-order chi connectivity index (χ1) is 14.0. The molecule has 2 aromatic carbocycles. The molecule has 0 radical (unpaired) electrons. The lowest BCUT2D eigenvalue weighted by Crippen LogP contribution is -2.44. The Balaban J connectivity index is 1.54. The lowest BCUT2D eigenvalue weighted by molar-refractivity contribution is -0.0704. The highest BCUT2D eigenvalue weighted by Gasteiger charge is 2.21. The second-order valence-electron chi connectivity index (χ2n) is 7.68. The Labute approximate surface area is 173 Å². The summed E-state index contributed by atoms with van der Waals surface area (Å²) in [6, 6.07) is 16.5. The predicted molar refractivity (Wildman–Crippen MR) is 118 cm³/mol. The van der Waals surface area contributed by atoms with Crippen molar-refractivity contribution >= 4 is 11.6 Å². The monoisotopic (exact) mass is 396 g/mol. The van der Waals surface area contributed by atoms with Crippen LogP contribution in [0.3, 0.4) is 0 Å². The molecule has 1 aliphatic heterocycles. The van der Waals surface area contributed by atoms with Crippen molar-refractivity contribution in [1.82, 2.24) is 4.90 Å². The average molecular weight is 397 g/mol. The summed E-state index contributed by atoms with van der Waals surface area (Å²) in [5.74, 6) is 0.397. The van der Waals surface area contributed by atoms with Gasteiger partial charge >= 0.3 is 0 Å². The minimum Gasteiger partial charge on any atom is -0.380 e. The molecule has 1 aliphatic rings. The van der Waals surface area contributed by atoms with Crippen LogP contribution in [0.25, 0.3) is 0 Å². The molecule has 0 aliphatic carbocycles. The Kier molecular flexibility index (Phi) is 7.63. The Morgan fingerprint density at radius 3 is 2.45 bits per heavy atom. The van der Waals surface area contributed by atoms with Crippen LogP contribution < -0.4 is 11.1 Å². The van der Waals surface area contributed by atoms with Gasteiger partial charge in [-0.15, -0.1) is 0 Å². The van der Waals surface area contributed by atoms with Crippen molar-refractivity contribution in [2.45, 2.75) is 45.8 Å². The van der Waals surface area contributed by atoms with Crippen LogP contribution in [-0.2, 0) is 29.2 Å². The summed E-state index contributed by atoms with van der Waals surface area (Å²) in [7, 11) is 1.68. The van der Waals surface area contributed by atoms with Gasteiger partial charge in [-0.2, -0.15) is 0 Å². The Hall–Kier alpha value is -2.41. The average Bonchev–Trinajstić information content (AvgIpc) is 2.68. The number of nitrogens with two attached hydrogens (primary N) is 1. The molecule has 3 rings (SSSR count). The molecule has 2 unspecified atom stereocenters. The van der Waals surface area contributed by atoms with Gasteiger partial charge < -0.3 is 20.5 Å². The van der Waals surface area contributed by atoms with E-state index in [1.54, 1.807) is 7.11 Å². The summed E-state index contributed by atoms with van der Waals surface area (Å²) in [4.78, 5) is 6.92. The Morgan fingerprint density at radius 2 is 1.76 bits per heavy atom. The molecule has 1 heterocycles. The maximum absolute atomic E-state index is 6.08. The first kappa shape index (κ1) is 21.3. The molecule has 6 heteroatoms. The minimum absolute atomic E-state index is 0.289. The standard InChI is InChI=1S/C23H32N4O2/c1-17-13-27(14-18(2)29-17)15-20-10-8-19(9-11-20)12-25-23(24)26-22-7-5-4-6-21(22)16-28-3/h4-11,17-18H,12-16H2,1-3H3,(H3,24,25,26). The molecule has 0 amide bonds. The zero-order valence-corrected chi connectivity index (χ0v) is 17.6. The number of rotatable bonds is 7. The van der Waals surface area contributed by atoms with E-state index >= 15 is 0 Å². The van der Waals surface area contributed by atoms with Crippen LogP contribution >= 0.6 is 0 Å². The van der Waals surface area contributed by atoms with E-state index in [1.807, 2.05) is 24.3 Å². The normalized spacial score (nSPS) is 20.6. The summed E-state index contributed by atoms with van der Waals surface area (Å²) in [5.41, 5.74) is 10.5. The number of guanidine groups is 1. The Morgan fingerprint density at radius 1 is 1.10 bits per heavy atom. The second-order valence-corrected chi connectivity index (χ2v) is 7.68. The summed E-state index contributed by atoms with van der Waals surface area (Å²) >= 11 is 0. The molecule has 3 N–H and O–H groups in total. The van der Waals surface area contributed by atoms with Crippen molar-refractivity contribution in [1.29, 1.82) is 0 Å². The van der Waals surface area contributed by atoms with Crippen molar-refractivity contribution in [3.05, 3.63) is 65.2 Å². The van der Waals surface area contributed by atoms with Gasteiger partial charge in [-0.05, 0) is 31.0 Å². The molecule has 0 bridgehead atoms. The Bertz CT molecular complexity index is 797. The molecule has 0 aromatic heterocycles. The van der Waals surface area contributed by atoms with E-state index in [-0.39, 0.29) is 12.2 Å². The fourth-order valence-electron chi connectivity index (χ4n) is 3.70. The van der Waals surface area contributed by atoms with E-state index in [2.05, 4.69) is 53.3 Å². The van der Waals surface area contributed by atoms with E-state index in [9.17, 15) is 0 Å². The molecule has 2 aromatic rings. The van der Waals surface area contributed by atoms with Crippen molar-refractivity contribution in [2.24, 2.45) is 10.7 Å². The van der Waals surface area contributed by atoms with E-state index in [0.29, 0.717) is 19.1 Å². The lowest BCUT2D eigenvalue weighted by atomic mass is 10.1. The zero-order valence-electron chi connectivity index (χ0n) is 17.6. The summed E-state index contributed by atoms with van der Waals surface area (Å²) in [6.45, 7) is 8.23. The van der Waals surface area contributed by atoms with Crippen molar-refractivity contribution in [3.8, 4) is 0 Å². The van der Waals surface area contributed by atoms with Crippen molar-refractivity contribution in [2.75, 3.05) is 25.5 Å². The fourth-order valence-corrected chi connectivity index (χ4v) is 3.70. The van der Waals surface area contributed by atoms with Gasteiger partial charge in [-0.3, -0.25) is 4.90 Å². The molecule has 156 valence electrons. The summed E-state index contributed by atoms with van der Waals surface area (Å²) < 4.78 is 11.0. The van der Waals surface area contributed by atoms with E-state index in [4.69, 9.17) is 15.2 Å². The summed E-state index contributed by atoms with van der Waals surface area (Å²) in [5, 5.41) is 3.17. The zero-order chi connectivity index (χ0) is 20.6. The highest BCUT2D eigenvalue weighted by atomic mass is 16.5. The fraction of sp³-hybridized carbons (Fsp3) is 0.435. The van der Waals surface area contributed by atoms with Crippen LogP contribution in [0, 0.1) is 0 Å². The molecule has 0 saturated carbocycles. The van der Waals surface area contributed by atoms with Gasteiger partial charge in [0.05, 0.1) is 25.4 Å². The molecule has 29 heavy (non-hydrogen) atoms. The smallest absolute Gasteiger partial charge is 0.193 e. The number of nitrogens with zero attached hydrogens (tertiary/aromatic N) is 2. The third-order valence-corrected chi connectivity index (χ3v) is 4.94. The first-order valence-corrected chi connectivity index (χ1v) is 10.1. The molecule has 2 atom stereocenters. The number of hydrogen-bond acceptors (Lipinski definition) is 4. The lowest BCUT2D eigenvalue weighted by Gasteiger charge is -2.35. The highest BCUT2D eigenvalue weighted by molar-refractivity contribution is 5.92. The van der Waals surface area contributed by atoms with Crippen molar-refractivity contribution < 1.29 is 9.47 Å². The number of para-hydroxylation sites is 1. The predicted octanol–water partition coefficient (Wildman–Crippen LogP) is 3.37. The molecule has 1 fully saturated rings. The maximum Gasteiger partial charge on any atom is 0.193 e. The highest BCUT2D eigenvalue weighted by Crippen LogP contribution is 2.16. The van der Waals surface area contributed by atoms with Gasteiger partial charge in [0.25, 0.3) is 0 Å². The number of morpholine rings is 1. The third kappa shape index (κ3) is 6.56. The number of methoxy groups -OCH3 is 1. The molecular weight excluding hydrogens is 364 g/mol. The van der Waals surface area contributed by atoms with Gasteiger partial charge in [0, 0.05) is 38.0 Å². The molecular formula is C23H32N4O2. The number of nitrogens with one attached hydrogen (secondary N) is 1. The van der Waals surface area contributed by atoms with Crippen molar-refractivity contribution in [3.63, 3.8) is 0 Å². The number of benzene rings is 2. The molecule has 0 spiro atoms. The number of ether oxygens (including phenoxy) is 2. The van der Waals surface area contributed by atoms with Gasteiger partial charge in [0.2, 0.25) is 0 Å². The molecule has 6 nitrogen and oxygen atoms in total. The second kappa shape index (κ2) is 10.4. The maximum atomic E-state index is 6.08. The molecule has 1 saturated heterocycles. The SMILES string of the molecule is COCc1ccccc1NC(N)=NCc1ccc(CN2CC(C)OC(C)C2)cc1. The number of hydrogen-bond donors (Lipinski definition) is 2. The third-order valence-electron chi connectivity index (χ3n) is 4.94. The van der Waals surface area contributed by atoms with E-state index in [0.717, 1.165) is 36.4 Å². The first-order valence-electron chi connectivity index (χ1n) is 10.1. The van der Waals surface area contributed by atoms with Crippen LogP contribution in [0.4, 0.5) is 5.69 Å². The van der Waals surface area contributed by atoms with Crippen LogP contribution in [0.2, 0.25) is 0 Å². The van der Waals surface area contributed by atoms with Crippen LogP contribution in [0.1, 0.15) is 30.5 Å². The van der Waals surface area contributed by atoms with Crippen LogP contribution in [0.5, 0.6) is 0 Å². The van der Waals surface area contributed by atoms with Gasteiger partial charge in [0.1, 0.15) is 0 Å². The quantitative estimate of drug-likeness (QED) is 0.555.